The van der Waals surface area contributed by atoms with Crippen molar-refractivity contribution in [1.82, 2.24) is 5.32 Å². The van der Waals surface area contributed by atoms with Gasteiger partial charge in [0, 0.05) is 18.5 Å². The molecule has 2 rings (SSSR count). The van der Waals surface area contributed by atoms with Gasteiger partial charge in [0.15, 0.2) is 0 Å². The van der Waals surface area contributed by atoms with Crippen LogP contribution < -0.4 is 5.32 Å². The molecule has 0 aromatic heterocycles. The van der Waals surface area contributed by atoms with Crippen LogP contribution in [0.3, 0.4) is 0 Å². The van der Waals surface area contributed by atoms with E-state index in [9.17, 15) is 9.18 Å². The lowest BCUT2D eigenvalue weighted by molar-refractivity contribution is 0.0940. The van der Waals surface area contributed by atoms with E-state index in [0.717, 1.165) is 19.3 Å². The number of nitrogens with one attached hydrogen (secondary N) is 1. The molecule has 1 fully saturated rings. The van der Waals surface area contributed by atoms with E-state index < -0.39 is 11.7 Å². The van der Waals surface area contributed by atoms with Crippen molar-refractivity contribution in [3.05, 3.63) is 35.1 Å². The Morgan fingerprint density at radius 1 is 1.48 bits per heavy atom. The number of rotatable bonds is 5. The number of benzene rings is 1. The van der Waals surface area contributed by atoms with Crippen molar-refractivity contribution < 1.29 is 14.3 Å². The molecule has 1 amide bonds. The fourth-order valence-electron chi connectivity index (χ4n) is 2.19. The number of hydrogen-bond donors (Lipinski definition) is 2. The highest BCUT2D eigenvalue weighted by Gasteiger charge is 2.40. The molecule has 4 heteroatoms. The van der Waals surface area contributed by atoms with Crippen LogP contribution in [0.4, 0.5) is 4.39 Å². The Kier molecular flexibility index (Phi) is 4.98. The van der Waals surface area contributed by atoms with Crippen molar-refractivity contribution in [3.63, 3.8) is 0 Å². The SMILES string of the molecule is CCC1(CNC(=O)c2cc(C#CCCO)ccc2F)CC1. The van der Waals surface area contributed by atoms with E-state index in [1.54, 1.807) is 0 Å². The van der Waals surface area contributed by atoms with E-state index in [2.05, 4.69) is 24.1 Å². The predicted molar refractivity (Wildman–Crippen MR) is 79.3 cm³/mol. The Bertz CT molecular complexity index is 582. The van der Waals surface area contributed by atoms with Crippen molar-refractivity contribution in [2.45, 2.75) is 32.6 Å². The Morgan fingerprint density at radius 2 is 2.24 bits per heavy atom. The first-order chi connectivity index (χ1) is 10.1. The maximum Gasteiger partial charge on any atom is 0.254 e. The molecule has 0 spiro atoms. The second kappa shape index (κ2) is 6.73. The summed E-state index contributed by atoms with van der Waals surface area (Å²) < 4.78 is 13.8. The molecule has 0 bridgehead atoms. The van der Waals surface area contributed by atoms with Gasteiger partial charge in [-0.3, -0.25) is 4.79 Å². The highest BCUT2D eigenvalue weighted by molar-refractivity contribution is 5.94. The molecule has 21 heavy (non-hydrogen) atoms. The maximum absolute atomic E-state index is 13.8. The number of carbonyl (C=O) groups is 1. The quantitative estimate of drug-likeness (QED) is 0.818. The summed E-state index contributed by atoms with van der Waals surface area (Å²) in [7, 11) is 0. The van der Waals surface area contributed by atoms with Crippen LogP contribution in [-0.2, 0) is 0 Å². The van der Waals surface area contributed by atoms with E-state index in [-0.39, 0.29) is 17.6 Å². The Hall–Kier alpha value is -1.86. The van der Waals surface area contributed by atoms with Crippen molar-refractivity contribution >= 4 is 5.91 Å². The lowest BCUT2D eigenvalue weighted by Gasteiger charge is -2.13. The van der Waals surface area contributed by atoms with Crippen LogP contribution in [0.1, 0.15) is 48.5 Å². The topological polar surface area (TPSA) is 49.3 Å². The van der Waals surface area contributed by atoms with Gasteiger partial charge in [-0.1, -0.05) is 18.8 Å². The summed E-state index contributed by atoms with van der Waals surface area (Å²) in [6, 6.07) is 4.25. The van der Waals surface area contributed by atoms with Crippen LogP contribution >= 0.6 is 0 Å². The van der Waals surface area contributed by atoms with Crippen molar-refractivity contribution in [2.75, 3.05) is 13.2 Å². The monoisotopic (exact) mass is 289 g/mol. The number of hydrogen-bond acceptors (Lipinski definition) is 2. The zero-order valence-electron chi connectivity index (χ0n) is 12.2. The van der Waals surface area contributed by atoms with Gasteiger partial charge in [0.2, 0.25) is 0 Å². The Labute approximate surface area is 124 Å². The molecule has 112 valence electrons. The smallest absolute Gasteiger partial charge is 0.254 e. The van der Waals surface area contributed by atoms with E-state index in [1.165, 1.54) is 18.2 Å². The van der Waals surface area contributed by atoms with Crippen LogP contribution in [0.25, 0.3) is 0 Å². The Morgan fingerprint density at radius 3 is 2.86 bits per heavy atom. The molecule has 0 saturated heterocycles. The Balaban J connectivity index is 2.05. The maximum atomic E-state index is 13.8. The average molecular weight is 289 g/mol. The van der Waals surface area contributed by atoms with E-state index in [1.807, 2.05) is 0 Å². The predicted octanol–water partition coefficient (Wildman–Crippen LogP) is 2.48. The zero-order chi connectivity index (χ0) is 15.3. The molecule has 1 saturated carbocycles. The molecule has 1 aromatic carbocycles. The summed E-state index contributed by atoms with van der Waals surface area (Å²) in [5, 5.41) is 11.5. The molecule has 2 N–H and O–H groups in total. The number of amides is 1. The molecule has 1 aliphatic carbocycles. The van der Waals surface area contributed by atoms with Gasteiger partial charge in [-0.25, -0.2) is 4.39 Å². The molecule has 0 unspecified atom stereocenters. The van der Waals surface area contributed by atoms with Gasteiger partial charge < -0.3 is 10.4 Å². The summed E-state index contributed by atoms with van der Waals surface area (Å²) in [4.78, 5) is 12.1. The fraction of sp³-hybridized carbons (Fsp3) is 0.471. The van der Waals surface area contributed by atoms with Gasteiger partial charge in [0.25, 0.3) is 5.91 Å². The third kappa shape index (κ3) is 4.05. The van der Waals surface area contributed by atoms with E-state index in [4.69, 9.17) is 5.11 Å². The van der Waals surface area contributed by atoms with Crippen LogP contribution in [-0.4, -0.2) is 24.2 Å². The molecule has 0 atom stereocenters. The van der Waals surface area contributed by atoms with E-state index in [0.29, 0.717) is 18.5 Å². The lowest BCUT2D eigenvalue weighted by Crippen LogP contribution is -2.30. The van der Waals surface area contributed by atoms with Crippen molar-refractivity contribution in [2.24, 2.45) is 5.41 Å². The molecule has 3 nitrogen and oxygen atoms in total. The van der Waals surface area contributed by atoms with Crippen LogP contribution in [0.5, 0.6) is 0 Å². The van der Waals surface area contributed by atoms with Gasteiger partial charge in [-0.05, 0) is 42.9 Å². The first-order valence-electron chi connectivity index (χ1n) is 7.28. The van der Waals surface area contributed by atoms with Crippen LogP contribution in [0.2, 0.25) is 0 Å². The van der Waals surface area contributed by atoms with Gasteiger partial charge in [-0.15, -0.1) is 0 Å². The van der Waals surface area contributed by atoms with E-state index >= 15 is 0 Å². The van der Waals surface area contributed by atoms with Gasteiger partial charge in [-0.2, -0.15) is 0 Å². The molecule has 0 heterocycles. The van der Waals surface area contributed by atoms with Gasteiger partial charge in [0.05, 0.1) is 12.2 Å². The van der Waals surface area contributed by atoms with Crippen LogP contribution in [0.15, 0.2) is 18.2 Å². The minimum absolute atomic E-state index is 0.0133. The molecule has 1 aliphatic rings. The van der Waals surface area contributed by atoms with Crippen molar-refractivity contribution in [3.8, 4) is 11.8 Å². The standard InChI is InChI=1S/C17H20FNO2/c1-2-17(8-9-17)12-19-16(21)14-11-13(5-3-4-10-20)6-7-15(14)18/h6-7,11,20H,2,4,8-10,12H2,1H3,(H,19,21). The highest BCUT2D eigenvalue weighted by atomic mass is 19.1. The number of carbonyl (C=O) groups excluding carboxylic acids is 1. The summed E-state index contributed by atoms with van der Waals surface area (Å²) in [5.41, 5.74) is 0.828. The lowest BCUT2D eigenvalue weighted by atomic mass is 10.0. The third-order valence-corrected chi connectivity index (χ3v) is 4.01. The molecule has 1 aromatic rings. The van der Waals surface area contributed by atoms with Crippen molar-refractivity contribution in [1.29, 1.82) is 0 Å². The molecule has 0 radical (unpaired) electrons. The molecular weight excluding hydrogens is 269 g/mol. The van der Waals surface area contributed by atoms with Crippen LogP contribution in [0, 0.1) is 23.1 Å². The van der Waals surface area contributed by atoms with Gasteiger partial charge >= 0.3 is 0 Å². The number of aliphatic hydroxyl groups is 1. The average Bonchev–Trinajstić information content (AvgIpc) is 3.27. The fourth-order valence-corrected chi connectivity index (χ4v) is 2.19. The third-order valence-electron chi connectivity index (χ3n) is 4.01. The minimum Gasteiger partial charge on any atom is -0.395 e. The number of halogens is 1. The molecular formula is C17H20FNO2. The highest BCUT2D eigenvalue weighted by Crippen LogP contribution is 2.47. The second-order valence-electron chi connectivity index (χ2n) is 5.51. The summed E-state index contributed by atoms with van der Waals surface area (Å²) in [6.45, 7) is 2.69. The zero-order valence-corrected chi connectivity index (χ0v) is 12.2. The first-order valence-corrected chi connectivity index (χ1v) is 7.28. The summed E-state index contributed by atoms with van der Waals surface area (Å²) in [5.74, 6) is 4.63. The van der Waals surface area contributed by atoms with Gasteiger partial charge in [0.1, 0.15) is 5.82 Å². The minimum atomic E-state index is -0.540. The largest absolute Gasteiger partial charge is 0.395 e. The summed E-state index contributed by atoms with van der Waals surface area (Å²) >= 11 is 0. The first kappa shape index (κ1) is 15.5. The summed E-state index contributed by atoms with van der Waals surface area (Å²) in [6.07, 6.45) is 3.64. The number of aliphatic hydroxyl groups excluding tert-OH is 1. The molecule has 0 aliphatic heterocycles. The normalized spacial score (nSPS) is 15.0. The second-order valence-corrected chi connectivity index (χ2v) is 5.51.